The number of rotatable bonds is 3. The summed E-state index contributed by atoms with van der Waals surface area (Å²) < 4.78 is 40.5. The molecule has 0 aliphatic rings. The molecule has 0 bridgehead atoms. The van der Waals surface area contributed by atoms with Gasteiger partial charge in [-0.1, -0.05) is 0 Å². The van der Waals surface area contributed by atoms with Gasteiger partial charge in [0, 0.05) is 4.90 Å². The monoisotopic (exact) mass is 348 g/mol. The van der Waals surface area contributed by atoms with E-state index in [1.54, 1.807) is 30.3 Å². The topological polar surface area (TPSA) is 20.2 Å². The van der Waals surface area contributed by atoms with E-state index in [0.717, 1.165) is 9.79 Å². The molecule has 0 aliphatic heterocycles. The first-order chi connectivity index (χ1) is 11.4. The number of halogens is 3. The molecule has 5 heteroatoms. The molecule has 3 rings (SSSR count). The van der Waals surface area contributed by atoms with Gasteiger partial charge in [-0.25, -0.2) is 13.2 Å². The van der Waals surface area contributed by atoms with Gasteiger partial charge in [-0.05, 0) is 82.8 Å². The maximum atomic E-state index is 13.9. The van der Waals surface area contributed by atoms with Crippen LogP contribution in [0, 0.1) is 17.5 Å². The van der Waals surface area contributed by atoms with Crippen LogP contribution >= 0.6 is 10.0 Å². The normalized spacial score (nSPS) is 12.2. The molecular weight excluding hydrogens is 333 g/mol. The average Bonchev–Trinajstić information content (AvgIpc) is 2.58. The van der Waals surface area contributed by atoms with Crippen molar-refractivity contribution >= 4 is 10.0 Å². The first-order valence-electron chi connectivity index (χ1n) is 7.19. The molecule has 0 aliphatic carbocycles. The summed E-state index contributed by atoms with van der Waals surface area (Å²) in [6, 6.07) is 16.2. The summed E-state index contributed by atoms with van der Waals surface area (Å²) in [6.45, 7) is 0. The zero-order valence-corrected chi connectivity index (χ0v) is 13.7. The summed E-state index contributed by atoms with van der Waals surface area (Å²) in [5.41, 5.74) is 0. The lowest BCUT2D eigenvalue weighted by Crippen LogP contribution is -2.02. The van der Waals surface area contributed by atoms with Crippen LogP contribution in [0.4, 0.5) is 13.2 Å². The van der Waals surface area contributed by atoms with Crippen LogP contribution < -0.4 is 0 Å². The highest BCUT2D eigenvalue weighted by molar-refractivity contribution is 8.33. The van der Waals surface area contributed by atoms with E-state index >= 15 is 0 Å². The zero-order chi connectivity index (χ0) is 17.3. The third-order valence-electron chi connectivity index (χ3n) is 3.96. The molecule has 0 saturated heterocycles. The predicted molar refractivity (Wildman–Crippen MR) is 89.2 cm³/mol. The van der Waals surface area contributed by atoms with Gasteiger partial charge in [0.2, 0.25) is 0 Å². The van der Waals surface area contributed by atoms with Gasteiger partial charge in [0.15, 0.2) is 11.6 Å². The summed E-state index contributed by atoms with van der Waals surface area (Å²) in [5.74, 6) is -1.89. The highest BCUT2D eigenvalue weighted by Crippen LogP contribution is 2.65. The molecule has 24 heavy (non-hydrogen) atoms. The van der Waals surface area contributed by atoms with E-state index < -0.39 is 21.6 Å². The lowest BCUT2D eigenvalue weighted by atomic mass is 10.3. The van der Waals surface area contributed by atoms with Crippen molar-refractivity contribution in [3.05, 3.63) is 84.2 Å². The fraction of sp³-hybridized carbons (Fsp3) is 0.0526. The number of aromatic hydroxyl groups is 1. The van der Waals surface area contributed by atoms with Crippen molar-refractivity contribution in [1.82, 2.24) is 0 Å². The summed E-state index contributed by atoms with van der Waals surface area (Å²) >= 11 is 0. The number of hydrogen-bond donors (Lipinski definition) is 1. The molecule has 0 amide bonds. The van der Waals surface area contributed by atoms with Crippen LogP contribution in [0.2, 0.25) is 0 Å². The zero-order valence-electron chi connectivity index (χ0n) is 12.8. The smallest absolute Gasteiger partial charge is 0.165 e. The third-order valence-corrected chi connectivity index (χ3v) is 7.59. The minimum Gasteiger partial charge on any atom is -0.505 e. The maximum absolute atomic E-state index is 13.9. The highest BCUT2D eigenvalue weighted by Gasteiger charge is 2.27. The highest BCUT2D eigenvalue weighted by atomic mass is 32.3. The van der Waals surface area contributed by atoms with E-state index in [2.05, 4.69) is 0 Å². The quantitative estimate of drug-likeness (QED) is 0.642. The molecule has 1 N–H and O–H groups in total. The van der Waals surface area contributed by atoms with Gasteiger partial charge in [-0.15, -0.1) is 0 Å². The number of phenolic OH excluding ortho intramolecular Hbond substituents is 1. The number of benzene rings is 3. The van der Waals surface area contributed by atoms with E-state index in [1.165, 1.54) is 36.4 Å². The van der Waals surface area contributed by atoms with Crippen molar-refractivity contribution in [2.75, 3.05) is 6.26 Å². The Morgan fingerprint density at radius 2 is 1.08 bits per heavy atom. The van der Waals surface area contributed by atoms with E-state index in [4.69, 9.17) is 0 Å². The average molecular weight is 348 g/mol. The molecule has 0 atom stereocenters. The van der Waals surface area contributed by atoms with Gasteiger partial charge in [0.1, 0.15) is 11.6 Å². The van der Waals surface area contributed by atoms with Crippen molar-refractivity contribution < 1.29 is 18.3 Å². The van der Waals surface area contributed by atoms with Gasteiger partial charge >= 0.3 is 0 Å². The van der Waals surface area contributed by atoms with Crippen LogP contribution in [0.3, 0.4) is 0 Å². The Hall–Kier alpha value is -2.40. The summed E-state index contributed by atoms with van der Waals surface area (Å²) in [4.78, 5) is 2.26. The van der Waals surface area contributed by atoms with E-state index in [1.807, 2.05) is 6.26 Å². The van der Waals surface area contributed by atoms with Gasteiger partial charge in [0.05, 0.1) is 0 Å². The summed E-state index contributed by atoms with van der Waals surface area (Å²) in [6.07, 6.45) is 1.93. The van der Waals surface area contributed by atoms with Crippen molar-refractivity contribution in [1.29, 1.82) is 0 Å². The molecule has 3 aromatic carbocycles. The molecule has 0 fully saturated rings. The Kier molecular flexibility index (Phi) is 4.28. The number of hydrogen-bond acceptors (Lipinski definition) is 1. The molecule has 0 aromatic heterocycles. The largest absolute Gasteiger partial charge is 0.505 e. The van der Waals surface area contributed by atoms with Gasteiger partial charge in [-0.2, -0.15) is 10.0 Å². The molecule has 1 nitrogen and oxygen atoms in total. The van der Waals surface area contributed by atoms with Crippen molar-refractivity contribution in [2.24, 2.45) is 0 Å². The lowest BCUT2D eigenvalue weighted by Gasteiger charge is -2.37. The second-order valence-corrected chi connectivity index (χ2v) is 8.69. The van der Waals surface area contributed by atoms with Gasteiger partial charge in [0.25, 0.3) is 0 Å². The maximum Gasteiger partial charge on any atom is 0.165 e. The van der Waals surface area contributed by atoms with Gasteiger partial charge < -0.3 is 5.11 Å². The molecule has 0 unspecified atom stereocenters. The Labute approximate surface area is 139 Å². The predicted octanol–water partition coefficient (Wildman–Crippen LogP) is 5.72. The Morgan fingerprint density at radius 1 is 0.667 bits per heavy atom. The SMILES string of the molecule is CS(c1ccc(F)cc1)(c1ccc(F)cc1)c1ccc(O)c(F)c1. The van der Waals surface area contributed by atoms with Crippen molar-refractivity contribution in [2.45, 2.75) is 14.7 Å². The van der Waals surface area contributed by atoms with Crippen LogP contribution in [0.1, 0.15) is 0 Å². The Bertz CT molecular complexity index is 815. The lowest BCUT2D eigenvalue weighted by molar-refractivity contribution is 0.431. The van der Waals surface area contributed by atoms with Gasteiger partial charge in [-0.3, -0.25) is 0 Å². The number of phenols is 1. The van der Waals surface area contributed by atoms with Crippen LogP contribution in [-0.2, 0) is 0 Å². The molecule has 3 aromatic rings. The molecule has 124 valence electrons. The molecule has 0 radical (unpaired) electrons. The van der Waals surface area contributed by atoms with Crippen LogP contribution in [-0.4, -0.2) is 11.4 Å². The molecule has 0 saturated carbocycles. The van der Waals surface area contributed by atoms with Crippen LogP contribution in [0.25, 0.3) is 0 Å². The van der Waals surface area contributed by atoms with Crippen LogP contribution in [0.15, 0.2) is 81.4 Å². The van der Waals surface area contributed by atoms with Crippen molar-refractivity contribution in [3.8, 4) is 5.75 Å². The van der Waals surface area contributed by atoms with E-state index in [-0.39, 0.29) is 11.6 Å². The van der Waals surface area contributed by atoms with E-state index in [0.29, 0.717) is 4.90 Å². The second-order valence-electron chi connectivity index (χ2n) is 5.44. The standard InChI is InChI=1S/C19H15F3OS/c1-24(15-6-2-13(20)3-7-15,16-8-4-14(21)5-9-16)17-10-11-19(23)18(22)12-17/h2-12,23H,1H3. The fourth-order valence-corrected chi connectivity index (χ4v) is 5.42. The molecular formula is C19H15F3OS. The first-order valence-corrected chi connectivity index (χ1v) is 9.23. The second kappa shape index (κ2) is 6.24. The summed E-state index contributed by atoms with van der Waals surface area (Å²) in [5, 5.41) is 9.46. The molecule has 0 spiro atoms. The summed E-state index contributed by atoms with van der Waals surface area (Å²) in [7, 11) is -1.93. The molecule has 0 heterocycles. The van der Waals surface area contributed by atoms with Crippen molar-refractivity contribution in [3.63, 3.8) is 0 Å². The third kappa shape index (κ3) is 2.87. The minimum atomic E-state index is -1.93. The van der Waals surface area contributed by atoms with E-state index in [9.17, 15) is 18.3 Å². The minimum absolute atomic E-state index is 0.364. The first kappa shape index (κ1) is 16.5. The van der Waals surface area contributed by atoms with Crippen LogP contribution in [0.5, 0.6) is 5.75 Å². The Balaban J connectivity index is 2.25. The Morgan fingerprint density at radius 3 is 1.50 bits per heavy atom. The fourth-order valence-electron chi connectivity index (χ4n) is 2.56.